The maximum absolute atomic E-state index is 10.2. The number of aliphatic hydroxyl groups is 1. The Kier molecular flexibility index (Phi) is 4.99. The lowest BCUT2D eigenvalue weighted by Crippen LogP contribution is -2.01. The molecule has 0 bridgehead atoms. The van der Waals surface area contributed by atoms with E-state index in [2.05, 4.69) is 6.07 Å². The largest absolute Gasteiger partial charge is 0.494 e. The first-order valence-electron chi connectivity index (χ1n) is 6.75. The molecule has 0 spiro atoms. The van der Waals surface area contributed by atoms with Gasteiger partial charge in [0.25, 0.3) is 0 Å². The fraction of sp³-hybridized carbons (Fsp3) is 0.294. The molecule has 2 aromatic carbocycles. The van der Waals surface area contributed by atoms with Gasteiger partial charge in [-0.25, -0.2) is 0 Å². The molecule has 0 aromatic heterocycles. The van der Waals surface area contributed by atoms with Gasteiger partial charge in [-0.3, -0.25) is 0 Å². The van der Waals surface area contributed by atoms with Crippen molar-refractivity contribution >= 4 is 0 Å². The molecule has 0 fully saturated rings. The first-order chi connectivity index (χ1) is 9.31. The zero-order valence-corrected chi connectivity index (χ0v) is 11.3. The molecule has 2 nitrogen and oxygen atoms in total. The summed E-state index contributed by atoms with van der Waals surface area (Å²) in [5.41, 5.74) is 2.12. The van der Waals surface area contributed by atoms with Gasteiger partial charge in [0.05, 0.1) is 12.7 Å². The highest BCUT2D eigenvalue weighted by Crippen LogP contribution is 2.24. The van der Waals surface area contributed by atoms with Crippen molar-refractivity contribution in [2.45, 2.75) is 25.9 Å². The van der Waals surface area contributed by atoms with Gasteiger partial charge in [0, 0.05) is 0 Å². The van der Waals surface area contributed by atoms with E-state index in [0.717, 1.165) is 23.3 Å². The van der Waals surface area contributed by atoms with E-state index in [4.69, 9.17) is 4.74 Å². The summed E-state index contributed by atoms with van der Waals surface area (Å²) in [7, 11) is 0. The standard InChI is InChI=1S/C17H20O2/c1-2-19-17-11-7-6-10-15(17)12-13-16(18)14-8-4-3-5-9-14/h3-11,16,18H,2,12-13H2,1H3. The minimum atomic E-state index is -0.420. The highest BCUT2D eigenvalue weighted by molar-refractivity contribution is 5.33. The number of aliphatic hydroxyl groups excluding tert-OH is 1. The van der Waals surface area contributed by atoms with Crippen LogP contribution < -0.4 is 4.74 Å². The summed E-state index contributed by atoms with van der Waals surface area (Å²) >= 11 is 0. The Morgan fingerprint density at radius 3 is 2.42 bits per heavy atom. The molecule has 0 saturated carbocycles. The van der Waals surface area contributed by atoms with Crippen molar-refractivity contribution in [3.63, 3.8) is 0 Å². The van der Waals surface area contributed by atoms with Crippen LogP contribution in [-0.4, -0.2) is 11.7 Å². The molecule has 19 heavy (non-hydrogen) atoms. The molecule has 0 radical (unpaired) electrons. The van der Waals surface area contributed by atoms with Crippen LogP contribution in [0.2, 0.25) is 0 Å². The van der Waals surface area contributed by atoms with E-state index in [9.17, 15) is 5.11 Å². The SMILES string of the molecule is CCOc1ccccc1CCC(O)c1ccccc1. The molecule has 1 atom stereocenters. The quantitative estimate of drug-likeness (QED) is 0.853. The van der Waals surface area contributed by atoms with Gasteiger partial charge in [0.15, 0.2) is 0 Å². The summed E-state index contributed by atoms with van der Waals surface area (Å²) in [5, 5.41) is 10.2. The lowest BCUT2D eigenvalue weighted by Gasteiger charge is -2.13. The van der Waals surface area contributed by atoms with Crippen molar-refractivity contribution in [1.82, 2.24) is 0 Å². The number of rotatable bonds is 6. The topological polar surface area (TPSA) is 29.5 Å². The minimum absolute atomic E-state index is 0.420. The van der Waals surface area contributed by atoms with Crippen molar-refractivity contribution in [2.24, 2.45) is 0 Å². The Morgan fingerprint density at radius 1 is 1.00 bits per heavy atom. The third kappa shape index (κ3) is 3.83. The number of para-hydroxylation sites is 1. The van der Waals surface area contributed by atoms with Crippen LogP contribution in [0.1, 0.15) is 30.6 Å². The number of aryl methyl sites for hydroxylation is 1. The number of benzene rings is 2. The highest BCUT2D eigenvalue weighted by atomic mass is 16.5. The van der Waals surface area contributed by atoms with Gasteiger partial charge in [0.2, 0.25) is 0 Å². The molecule has 0 aliphatic carbocycles. The lowest BCUT2D eigenvalue weighted by atomic mass is 10.0. The van der Waals surface area contributed by atoms with Crippen molar-refractivity contribution in [1.29, 1.82) is 0 Å². The van der Waals surface area contributed by atoms with Crippen molar-refractivity contribution in [3.05, 3.63) is 65.7 Å². The highest BCUT2D eigenvalue weighted by Gasteiger charge is 2.09. The molecule has 2 heteroatoms. The summed E-state index contributed by atoms with van der Waals surface area (Å²) in [5.74, 6) is 0.922. The van der Waals surface area contributed by atoms with Crippen LogP contribution in [0.4, 0.5) is 0 Å². The average molecular weight is 256 g/mol. The van der Waals surface area contributed by atoms with Crippen LogP contribution in [-0.2, 0) is 6.42 Å². The van der Waals surface area contributed by atoms with Gasteiger partial charge in [0.1, 0.15) is 5.75 Å². The predicted molar refractivity (Wildman–Crippen MR) is 77.3 cm³/mol. The van der Waals surface area contributed by atoms with Gasteiger partial charge in [-0.05, 0) is 37.0 Å². The van der Waals surface area contributed by atoms with E-state index >= 15 is 0 Å². The third-order valence-electron chi connectivity index (χ3n) is 3.14. The zero-order valence-electron chi connectivity index (χ0n) is 11.3. The second kappa shape index (κ2) is 6.95. The maximum atomic E-state index is 10.2. The molecule has 0 amide bonds. The summed E-state index contributed by atoms with van der Waals surface area (Å²) in [6, 6.07) is 17.8. The van der Waals surface area contributed by atoms with E-state index in [1.165, 1.54) is 0 Å². The summed E-state index contributed by atoms with van der Waals surface area (Å²) in [4.78, 5) is 0. The van der Waals surface area contributed by atoms with Crippen LogP contribution in [0.3, 0.4) is 0 Å². The Bertz CT molecular complexity index is 494. The predicted octanol–water partition coefficient (Wildman–Crippen LogP) is 3.75. The lowest BCUT2D eigenvalue weighted by molar-refractivity contribution is 0.167. The molecule has 0 aliphatic heterocycles. The molecular weight excluding hydrogens is 236 g/mol. The van der Waals surface area contributed by atoms with Crippen LogP contribution in [0, 0.1) is 0 Å². The number of ether oxygens (including phenoxy) is 1. The van der Waals surface area contributed by atoms with Crippen LogP contribution in [0.5, 0.6) is 5.75 Å². The van der Waals surface area contributed by atoms with Crippen LogP contribution >= 0.6 is 0 Å². The molecule has 100 valence electrons. The van der Waals surface area contributed by atoms with E-state index in [-0.39, 0.29) is 0 Å². The first kappa shape index (κ1) is 13.6. The maximum Gasteiger partial charge on any atom is 0.122 e. The Balaban J connectivity index is 1.99. The second-order valence-electron chi connectivity index (χ2n) is 4.51. The molecule has 0 aliphatic rings. The molecule has 1 unspecified atom stereocenters. The van der Waals surface area contributed by atoms with Crippen molar-refractivity contribution in [2.75, 3.05) is 6.61 Å². The van der Waals surface area contributed by atoms with Gasteiger partial charge in [-0.2, -0.15) is 0 Å². The molecular formula is C17H20O2. The Morgan fingerprint density at radius 2 is 1.68 bits per heavy atom. The van der Waals surface area contributed by atoms with Crippen LogP contribution in [0.25, 0.3) is 0 Å². The Labute approximate surface area is 114 Å². The van der Waals surface area contributed by atoms with E-state index in [1.54, 1.807) is 0 Å². The van der Waals surface area contributed by atoms with E-state index in [1.807, 2.05) is 55.5 Å². The molecule has 2 rings (SSSR count). The van der Waals surface area contributed by atoms with Gasteiger partial charge in [-0.1, -0.05) is 48.5 Å². The summed E-state index contributed by atoms with van der Waals surface area (Å²) in [6.07, 6.45) is 1.09. The number of hydrogen-bond acceptors (Lipinski definition) is 2. The molecule has 1 N–H and O–H groups in total. The zero-order chi connectivity index (χ0) is 13.5. The Hall–Kier alpha value is -1.80. The van der Waals surface area contributed by atoms with E-state index in [0.29, 0.717) is 13.0 Å². The number of hydrogen-bond donors (Lipinski definition) is 1. The second-order valence-corrected chi connectivity index (χ2v) is 4.51. The smallest absolute Gasteiger partial charge is 0.122 e. The fourth-order valence-electron chi connectivity index (χ4n) is 2.14. The van der Waals surface area contributed by atoms with Gasteiger partial charge in [-0.15, -0.1) is 0 Å². The van der Waals surface area contributed by atoms with E-state index < -0.39 is 6.10 Å². The van der Waals surface area contributed by atoms with Crippen LogP contribution in [0.15, 0.2) is 54.6 Å². The first-order valence-corrected chi connectivity index (χ1v) is 6.75. The van der Waals surface area contributed by atoms with Gasteiger partial charge >= 0.3 is 0 Å². The minimum Gasteiger partial charge on any atom is -0.494 e. The van der Waals surface area contributed by atoms with Crippen molar-refractivity contribution < 1.29 is 9.84 Å². The monoisotopic (exact) mass is 256 g/mol. The molecule has 0 heterocycles. The summed E-state index contributed by atoms with van der Waals surface area (Å²) in [6.45, 7) is 2.65. The van der Waals surface area contributed by atoms with Crippen molar-refractivity contribution in [3.8, 4) is 5.75 Å². The third-order valence-corrected chi connectivity index (χ3v) is 3.14. The molecule has 2 aromatic rings. The normalized spacial score (nSPS) is 12.1. The molecule has 0 saturated heterocycles. The summed E-state index contributed by atoms with van der Waals surface area (Å²) < 4.78 is 5.59. The average Bonchev–Trinajstić information content (AvgIpc) is 2.47. The fourth-order valence-corrected chi connectivity index (χ4v) is 2.14. The van der Waals surface area contributed by atoms with Gasteiger partial charge < -0.3 is 9.84 Å².